The van der Waals surface area contributed by atoms with Gasteiger partial charge in [-0.15, -0.1) is 0 Å². The third-order valence-electron chi connectivity index (χ3n) is 6.78. The first-order valence-electron chi connectivity index (χ1n) is 10.8. The lowest BCUT2D eigenvalue weighted by molar-refractivity contribution is 0.225. The molecule has 0 radical (unpaired) electrons. The zero-order valence-electron chi connectivity index (χ0n) is 18.0. The second-order valence-electron chi connectivity index (χ2n) is 8.48. The number of nitrogens with zero attached hydrogens (tertiary/aromatic N) is 2. The van der Waals surface area contributed by atoms with Gasteiger partial charge in [0, 0.05) is 25.2 Å². The maximum atomic E-state index is 10.9. The SMILES string of the molecule is CN(C(=N)N(C)c1ccc2c3c(cccc13)C=C2)c1ccc2c(c1)C(O)c1ccccc1-2. The van der Waals surface area contributed by atoms with Crippen LogP contribution in [0.25, 0.3) is 34.1 Å². The van der Waals surface area contributed by atoms with E-state index < -0.39 is 6.10 Å². The molecule has 4 aromatic carbocycles. The van der Waals surface area contributed by atoms with E-state index in [0.29, 0.717) is 5.96 Å². The van der Waals surface area contributed by atoms with Gasteiger partial charge in [-0.3, -0.25) is 5.41 Å². The molecule has 0 heterocycles. The number of benzene rings is 4. The van der Waals surface area contributed by atoms with Crippen molar-refractivity contribution < 1.29 is 5.11 Å². The van der Waals surface area contributed by atoms with Crippen LogP contribution in [-0.4, -0.2) is 25.2 Å². The summed E-state index contributed by atoms with van der Waals surface area (Å²) in [5, 5.41) is 22.2. The minimum Gasteiger partial charge on any atom is -0.384 e. The van der Waals surface area contributed by atoms with E-state index in [1.165, 1.54) is 16.5 Å². The Hall–Kier alpha value is -3.89. The monoisotopic (exact) mass is 417 g/mol. The van der Waals surface area contributed by atoms with Gasteiger partial charge >= 0.3 is 0 Å². The van der Waals surface area contributed by atoms with Gasteiger partial charge in [0.15, 0.2) is 0 Å². The highest BCUT2D eigenvalue weighted by atomic mass is 16.3. The molecule has 4 aromatic rings. The van der Waals surface area contributed by atoms with Crippen LogP contribution in [0.5, 0.6) is 0 Å². The van der Waals surface area contributed by atoms with E-state index in [4.69, 9.17) is 5.41 Å². The predicted molar refractivity (Wildman–Crippen MR) is 133 cm³/mol. The molecule has 0 bridgehead atoms. The molecule has 0 aromatic heterocycles. The third-order valence-corrected chi connectivity index (χ3v) is 6.78. The summed E-state index contributed by atoms with van der Waals surface area (Å²) in [6.45, 7) is 0. The van der Waals surface area contributed by atoms with Crippen LogP contribution < -0.4 is 9.80 Å². The molecular weight excluding hydrogens is 394 g/mol. The van der Waals surface area contributed by atoms with Crippen molar-refractivity contribution >= 4 is 40.3 Å². The van der Waals surface area contributed by atoms with E-state index >= 15 is 0 Å². The molecule has 2 aliphatic rings. The molecule has 0 spiro atoms. The van der Waals surface area contributed by atoms with Crippen molar-refractivity contribution in [1.29, 1.82) is 5.41 Å². The molecule has 4 nitrogen and oxygen atoms in total. The molecule has 0 aliphatic heterocycles. The van der Waals surface area contributed by atoms with Crippen molar-refractivity contribution in [2.45, 2.75) is 6.10 Å². The first-order valence-corrected chi connectivity index (χ1v) is 10.8. The topological polar surface area (TPSA) is 50.6 Å². The normalized spacial score (nSPS) is 15.0. The fourth-order valence-corrected chi connectivity index (χ4v) is 5.04. The van der Waals surface area contributed by atoms with Gasteiger partial charge in [0.05, 0.1) is 5.69 Å². The molecule has 0 fully saturated rings. The average molecular weight is 418 g/mol. The number of anilines is 2. The molecule has 1 atom stereocenters. The van der Waals surface area contributed by atoms with E-state index in [-0.39, 0.29) is 0 Å². The smallest absolute Gasteiger partial charge is 0.202 e. The Morgan fingerprint density at radius 1 is 0.781 bits per heavy atom. The van der Waals surface area contributed by atoms with Gasteiger partial charge in [-0.05, 0) is 57.0 Å². The zero-order valence-corrected chi connectivity index (χ0v) is 18.0. The van der Waals surface area contributed by atoms with Crippen molar-refractivity contribution in [3.05, 3.63) is 95.1 Å². The van der Waals surface area contributed by atoms with E-state index in [9.17, 15) is 5.11 Å². The molecule has 1 unspecified atom stereocenters. The summed E-state index contributed by atoms with van der Waals surface area (Å²) in [5.41, 5.74) is 8.29. The summed E-state index contributed by atoms with van der Waals surface area (Å²) in [4.78, 5) is 3.77. The van der Waals surface area contributed by atoms with Crippen molar-refractivity contribution in [3.63, 3.8) is 0 Å². The van der Waals surface area contributed by atoms with E-state index in [2.05, 4.69) is 42.5 Å². The number of nitrogens with one attached hydrogen (secondary N) is 1. The van der Waals surface area contributed by atoms with Crippen LogP contribution >= 0.6 is 0 Å². The Labute approximate surface area is 187 Å². The first-order chi connectivity index (χ1) is 15.5. The van der Waals surface area contributed by atoms with Crippen molar-refractivity contribution in [1.82, 2.24) is 0 Å². The van der Waals surface area contributed by atoms with Gasteiger partial charge in [-0.1, -0.05) is 66.7 Å². The van der Waals surface area contributed by atoms with Gasteiger partial charge < -0.3 is 14.9 Å². The maximum Gasteiger partial charge on any atom is 0.202 e. The lowest BCUT2D eigenvalue weighted by Crippen LogP contribution is -2.39. The molecule has 2 aliphatic carbocycles. The van der Waals surface area contributed by atoms with Gasteiger partial charge in [-0.2, -0.15) is 0 Å². The van der Waals surface area contributed by atoms with Crippen LogP contribution in [0.3, 0.4) is 0 Å². The summed E-state index contributed by atoms with van der Waals surface area (Å²) in [5.74, 6) is 0.363. The molecule has 0 amide bonds. The highest BCUT2D eigenvalue weighted by molar-refractivity contribution is 6.14. The lowest BCUT2D eigenvalue weighted by atomic mass is 10.0. The van der Waals surface area contributed by atoms with Gasteiger partial charge in [0.25, 0.3) is 0 Å². The zero-order chi connectivity index (χ0) is 22.0. The van der Waals surface area contributed by atoms with Gasteiger partial charge in [0.2, 0.25) is 5.96 Å². The Morgan fingerprint density at radius 2 is 1.53 bits per heavy atom. The molecule has 0 saturated carbocycles. The largest absolute Gasteiger partial charge is 0.384 e. The Morgan fingerprint density at radius 3 is 2.38 bits per heavy atom. The van der Waals surface area contributed by atoms with Crippen LogP contribution in [0, 0.1) is 5.41 Å². The third kappa shape index (κ3) is 2.57. The second kappa shape index (κ2) is 6.81. The Balaban J connectivity index is 1.35. The minimum atomic E-state index is -0.634. The highest BCUT2D eigenvalue weighted by Crippen LogP contribution is 2.44. The molecule has 32 heavy (non-hydrogen) atoms. The van der Waals surface area contributed by atoms with Crippen molar-refractivity contribution in [3.8, 4) is 11.1 Å². The fraction of sp³-hybridized carbons (Fsp3) is 0.107. The standard InChI is InChI=1S/C28H23N3O/c1-30(19-13-14-21-20-7-3-4-8-22(20)27(32)24(21)16-19)28(29)31(2)25-15-12-18-11-10-17-6-5-9-23(25)26(17)18/h3-16,27,29,32H,1-2H3. The van der Waals surface area contributed by atoms with Crippen LogP contribution in [0.2, 0.25) is 0 Å². The average Bonchev–Trinajstić information content (AvgIpc) is 3.38. The number of hydrogen-bond donors (Lipinski definition) is 2. The molecule has 2 N–H and O–H groups in total. The van der Waals surface area contributed by atoms with Gasteiger partial charge in [0.1, 0.15) is 6.10 Å². The summed E-state index contributed by atoms with van der Waals surface area (Å²) >= 11 is 0. The summed E-state index contributed by atoms with van der Waals surface area (Å²) in [6, 6.07) is 24.6. The number of rotatable bonds is 2. The van der Waals surface area contributed by atoms with Crippen LogP contribution in [0.15, 0.2) is 72.8 Å². The fourth-order valence-electron chi connectivity index (χ4n) is 5.04. The summed E-state index contributed by atoms with van der Waals surface area (Å²) < 4.78 is 0. The minimum absolute atomic E-state index is 0.363. The van der Waals surface area contributed by atoms with Crippen LogP contribution in [0.4, 0.5) is 11.4 Å². The number of fused-ring (bicyclic) bond motifs is 3. The predicted octanol–water partition coefficient (Wildman–Crippen LogP) is 5.89. The Bertz CT molecular complexity index is 1440. The second-order valence-corrected chi connectivity index (χ2v) is 8.48. The van der Waals surface area contributed by atoms with E-state index in [0.717, 1.165) is 39.0 Å². The van der Waals surface area contributed by atoms with Gasteiger partial charge in [-0.25, -0.2) is 0 Å². The molecule has 4 heteroatoms. The molecule has 0 saturated heterocycles. The van der Waals surface area contributed by atoms with Crippen molar-refractivity contribution in [2.75, 3.05) is 23.9 Å². The first kappa shape index (κ1) is 18.8. The number of aliphatic hydroxyl groups excluding tert-OH is 1. The van der Waals surface area contributed by atoms with Crippen LogP contribution in [0.1, 0.15) is 28.4 Å². The lowest BCUT2D eigenvalue weighted by Gasteiger charge is -2.29. The maximum absolute atomic E-state index is 10.9. The molecular formula is C28H23N3O. The van der Waals surface area contributed by atoms with Crippen LogP contribution in [-0.2, 0) is 0 Å². The van der Waals surface area contributed by atoms with E-state index in [1.807, 2.05) is 66.4 Å². The quantitative estimate of drug-likeness (QED) is 0.278. The van der Waals surface area contributed by atoms with E-state index in [1.54, 1.807) is 0 Å². The summed E-state index contributed by atoms with van der Waals surface area (Å²) in [7, 11) is 3.83. The summed E-state index contributed by atoms with van der Waals surface area (Å²) in [6.07, 6.45) is 3.66. The molecule has 156 valence electrons. The number of hydrogen-bond acceptors (Lipinski definition) is 2. The van der Waals surface area contributed by atoms with Crippen molar-refractivity contribution in [2.24, 2.45) is 0 Å². The molecule has 6 rings (SSSR count). The Kier molecular flexibility index (Phi) is 4.01. The highest BCUT2D eigenvalue weighted by Gasteiger charge is 2.28. The number of guanidine groups is 1. The number of aliphatic hydroxyl groups is 1.